The lowest BCUT2D eigenvalue weighted by Crippen LogP contribution is -2.44. The molecule has 0 bridgehead atoms. The number of piperidine rings is 1. The second-order valence-electron chi connectivity index (χ2n) is 7.03. The number of benzene rings is 2. The van der Waals surface area contributed by atoms with Gasteiger partial charge in [-0.15, -0.1) is 0 Å². The minimum Gasteiger partial charge on any atom is -0.494 e. The summed E-state index contributed by atoms with van der Waals surface area (Å²) in [6, 6.07) is 14.0. The number of amides is 1. The van der Waals surface area contributed by atoms with Crippen LogP contribution in [0.3, 0.4) is 0 Å². The number of rotatable bonds is 7. The van der Waals surface area contributed by atoms with Crippen LogP contribution in [0.15, 0.2) is 48.5 Å². The van der Waals surface area contributed by atoms with Crippen molar-refractivity contribution < 1.29 is 17.9 Å². The van der Waals surface area contributed by atoms with Crippen LogP contribution in [0.25, 0.3) is 0 Å². The van der Waals surface area contributed by atoms with E-state index in [9.17, 15) is 13.2 Å². The van der Waals surface area contributed by atoms with Crippen molar-refractivity contribution >= 4 is 33.2 Å². The Hall–Kier alpha value is -2.09. The van der Waals surface area contributed by atoms with Gasteiger partial charge in [0.25, 0.3) is 0 Å². The molecule has 1 N–H and O–H groups in total. The predicted octanol–water partition coefficient (Wildman–Crippen LogP) is 3.92. The van der Waals surface area contributed by atoms with Crippen molar-refractivity contribution in [1.82, 2.24) is 4.31 Å². The lowest BCUT2D eigenvalue weighted by Gasteiger charge is -2.31. The van der Waals surface area contributed by atoms with E-state index in [1.165, 1.54) is 4.31 Å². The number of hydrogen-bond acceptors (Lipinski definition) is 4. The quantitative estimate of drug-likeness (QED) is 0.713. The Morgan fingerprint density at radius 3 is 2.72 bits per heavy atom. The SMILES string of the molecule is CCOc1cccc(NC(=O)[C@H]2CCCN(S(=O)(=O)Cc3ccc(Cl)cc3)C2)c1. The molecule has 1 aliphatic rings. The van der Waals surface area contributed by atoms with E-state index in [-0.39, 0.29) is 24.1 Å². The van der Waals surface area contributed by atoms with E-state index < -0.39 is 10.0 Å². The molecular formula is C21H25ClN2O4S. The molecule has 1 atom stereocenters. The van der Waals surface area contributed by atoms with Gasteiger partial charge in [0, 0.05) is 29.9 Å². The van der Waals surface area contributed by atoms with Gasteiger partial charge in [0.1, 0.15) is 5.75 Å². The summed E-state index contributed by atoms with van der Waals surface area (Å²) in [5.41, 5.74) is 1.32. The summed E-state index contributed by atoms with van der Waals surface area (Å²) in [5.74, 6) is 0.0141. The molecule has 1 aliphatic heterocycles. The highest BCUT2D eigenvalue weighted by Crippen LogP contribution is 2.24. The van der Waals surface area contributed by atoms with Crippen molar-refractivity contribution in [3.05, 3.63) is 59.1 Å². The topological polar surface area (TPSA) is 75.7 Å². The summed E-state index contributed by atoms with van der Waals surface area (Å²) < 4.78 is 32.5. The fraction of sp³-hybridized carbons (Fsp3) is 0.381. The number of nitrogens with zero attached hydrogens (tertiary/aromatic N) is 1. The molecule has 0 aliphatic carbocycles. The molecule has 1 saturated heterocycles. The van der Waals surface area contributed by atoms with Gasteiger partial charge in [-0.3, -0.25) is 4.79 Å². The van der Waals surface area contributed by atoms with Crippen molar-refractivity contribution in [3.63, 3.8) is 0 Å². The van der Waals surface area contributed by atoms with Gasteiger partial charge in [0.15, 0.2) is 0 Å². The van der Waals surface area contributed by atoms with Gasteiger partial charge in [-0.2, -0.15) is 0 Å². The molecule has 1 heterocycles. The van der Waals surface area contributed by atoms with Gasteiger partial charge < -0.3 is 10.1 Å². The zero-order valence-corrected chi connectivity index (χ0v) is 17.9. The molecule has 3 rings (SSSR count). The molecule has 8 heteroatoms. The standard InChI is InChI=1S/C21H25ClN2O4S/c1-2-28-20-7-3-6-19(13-20)23-21(25)17-5-4-12-24(14-17)29(26,27)15-16-8-10-18(22)11-9-16/h3,6-11,13,17H,2,4-5,12,14-15H2,1H3,(H,23,25)/t17-/m0/s1. The maximum atomic E-state index is 12.8. The second kappa shape index (κ2) is 9.61. The van der Waals surface area contributed by atoms with E-state index in [1.807, 2.05) is 19.1 Å². The highest BCUT2D eigenvalue weighted by Gasteiger charge is 2.32. The number of nitrogens with one attached hydrogen (secondary N) is 1. The smallest absolute Gasteiger partial charge is 0.228 e. The van der Waals surface area contributed by atoms with E-state index >= 15 is 0 Å². The fourth-order valence-electron chi connectivity index (χ4n) is 3.37. The highest BCUT2D eigenvalue weighted by molar-refractivity contribution is 7.88. The van der Waals surface area contributed by atoms with Crippen LogP contribution < -0.4 is 10.1 Å². The van der Waals surface area contributed by atoms with E-state index in [4.69, 9.17) is 16.3 Å². The number of halogens is 1. The van der Waals surface area contributed by atoms with Crippen LogP contribution in [0.2, 0.25) is 5.02 Å². The van der Waals surface area contributed by atoms with Crippen molar-refractivity contribution in [1.29, 1.82) is 0 Å². The summed E-state index contributed by atoms with van der Waals surface area (Å²) >= 11 is 5.87. The summed E-state index contributed by atoms with van der Waals surface area (Å²) in [5, 5.41) is 3.45. The van der Waals surface area contributed by atoms with E-state index in [0.717, 1.165) is 0 Å². The molecule has 2 aromatic rings. The maximum absolute atomic E-state index is 12.8. The first kappa shape index (κ1) is 21.6. The number of anilines is 1. The monoisotopic (exact) mass is 436 g/mol. The average molecular weight is 437 g/mol. The van der Waals surface area contributed by atoms with Crippen molar-refractivity contribution in [2.24, 2.45) is 5.92 Å². The van der Waals surface area contributed by atoms with Crippen molar-refractivity contribution in [2.75, 3.05) is 25.0 Å². The number of carbonyl (C=O) groups excluding carboxylic acids is 1. The first-order valence-electron chi connectivity index (χ1n) is 9.63. The minimum absolute atomic E-state index is 0.102. The van der Waals surface area contributed by atoms with E-state index in [0.29, 0.717) is 48.0 Å². The highest BCUT2D eigenvalue weighted by atomic mass is 35.5. The van der Waals surface area contributed by atoms with Crippen LogP contribution in [0.4, 0.5) is 5.69 Å². The lowest BCUT2D eigenvalue weighted by molar-refractivity contribution is -0.120. The van der Waals surface area contributed by atoms with E-state index in [2.05, 4.69) is 5.32 Å². The lowest BCUT2D eigenvalue weighted by atomic mass is 9.98. The molecule has 6 nitrogen and oxygen atoms in total. The molecular weight excluding hydrogens is 412 g/mol. The summed E-state index contributed by atoms with van der Waals surface area (Å²) in [6.07, 6.45) is 1.31. The van der Waals surface area contributed by atoms with Gasteiger partial charge in [0.05, 0.1) is 18.3 Å². The molecule has 0 saturated carbocycles. The molecule has 0 radical (unpaired) electrons. The Kier molecular flexibility index (Phi) is 7.16. The zero-order valence-electron chi connectivity index (χ0n) is 16.3. The Morgan fingerprint density at radius 1 is 1.24 bits per heavy atom. The summed E-state index contributed by atoms with van der Waals surface area (Å²) in [7, 11) is -3.51. The van der Waals surface area contributed by atoms with Crippen LogP contribution in [-0.4, -0.2) is 38.3 Å². The Labute approximate surface area is 176 Å². The van der Waals surface area contributed by atoms with E-state index in [1.54, 1.807) is 36.4 Å². The van der Waals surface area contributed by atoms with Gasteiger partial charge in [-0.05, 0) is 49.6 Å². The second-order valence-corrected chi connectivity index (χ2v) is 9.44. The minimum atomic E-state index is -3.51. The normalized spacial score (nSPS) is 17.7. The van der Waals surface area contributed by atoms with Crippen LogP contribution in [0.1, 0.15) is 25.3 Å². The van der Waals surface area contributed by atoms with Gasteiger partial charge in [-0.1, -0.05) is 29.8 Å². The molecule has 29 heavy (non-hydrogen) atoms. The predicted molar refractivity (Wildman–Crippen MR) is 115 cm³/mol. The molecule has 1 amide bonds. The Balaban J connectivity index is 1.64. The number of carbonyl (C=O) groups is 1. The van der Waals surface area contributed by atoms with Crippen LogP contribution >= 0.6 is 11.6 Å². The van der Waals surface area contributed by atoms with Gasteiger partial charge in [0.2, 0.25) is 15.9 Å². The van der Waals surface area contributed by atoms with Crippen molar-refractivity contribution in [3.8, 4) is 5.75 Å². The average Bonchev–Trinajstić information content (AvgIpc) is 2.70. The Morgan fingerprint density at radius 2 is 2.00 bits per heavy atom. The third-order valence-electron chi connectivity index (χ3n) is 4.82. The first-order valence-corrected chi connectivity index (χ1v) is 11.6. The molecule has 156 valence electrons. The van der Waals surface area contributed by atoms with Crippen LogP contribution in [0.5, 0.6) is 5.75 Å². The number of ether oxygens (including phenoxy) is 1. The van der Waals surface area contributed by atoms with Crippen LogP contribution in [-0.2, 0) is 20.6 Å². The summed E-state index contributed by atoms with van der Waals surface area (Å²) in [4.78, 5) is 12.7. The first-order chi connectivity index (χ1) is 13.9. The maximum Gasteiger partial charge on any atom is 0.228 e. The fourth-order valence-corrected chi connectivity index (χ4v) is 5.10. The molecule has 0 spiro atoms. The number of sulfonamides is 1. The zero-order chi connectivity index (χ0) is 20.9. The third-order valence-corrected chi connectivity index (χ3v) is 6.89. The molecule has 1 fully saturated rings. The molecule has 2 aromatic carbocycles. The van der Waals surface area contributed by atoms with Gasteiger partial charge in [-0.25, -0.2) is 12.7 Å². The Bertz CT molecular complexity index is 947. The largest absolute Gasteiger partial charge is 0.494 e. The van der Waals surface area contributed by atoms with Crippen molar-refractivity contribution in [2.45, 2.75) is 25.5 Å². The molecule has 0 aromatic heterocycles. The summed E-state index contributed by atoms with van der Waals surface area (Å²) in [6.45, 7) is 3.05. The third kappa shape index (κ3) is 5.95. The molecule has 0 unspecified atom stereocenters. The van der Waals surface area contributed by atoms with Crippen LogP contribution in [0, 0.1) is 5.92 Å². The van der Waals surface area contributed by atoms with Gasteiger partial charge >= 0.3 is 0 Å². The number of hydrogen-bond donors (Lipinski definition) is 1.